The number of hydrogen-bond donors (Lipinski definition) is 3. The molecule has 0 fully saturated rings. The summed E-state index contributed by atoms with van der Waals surface area (Å²) in [7, 11) is 1.60. The molecule has 0 spiro atoms. The van der Waals surface area contributed by atoms with Crippen molar-refractivity contribution in [3.63, 3.8) is 0 Å². The molecule has 0 bridgehead atoms. The predicted octanol–water partition coefficient (Wildman–Crippen LogP) is 1.53. The number of anilines is 1. The Hall–Kier alpha value is -2.58. The van der Waals surface area contributed by atoms with Crippen LogP contribution in [0.1, 0.15) is 5.56 Å². The standard InChI is InChI=1S/C18H17ClF3N3O2/c1-25(9-15(26)23-8-11-2-4-12(19)5-3-11)10-16(27)24-14-7-6-13(20)17(21)18(14)22/h2-7H,8-10H2,1H3,(H,23,26)(H,24,27)/p+1. The fourth-order valence-corrected chi connectivity index (χ4v) is 2.42. The van der Waals surface area contributed by atoms with Crippen molar-refractivity contribution in [1.82, 2.24) is 5.32 Å². The number of quaternary nitrogens is 1. The van der Waals surface area contributed by atoms with Gasteiger partial charge in [-0.2, -0.15) is 0 Å². The maximum Gasteiger partial charge on any atom is 0.279 e. The van der Waals surface area contributed by atoms with Crippen molar-refractivity contribution in [2.45, 2.75) is 6.54 Å². The normalized spacial score (nSPS) is 11.7. The van der Waals surface area contributed by atoms with E-state index in [1.54, 1.807) is 31.3 Å². The van der Waals surface area contributed by atoms with Crippen LogP contribution < -0.4 is 15.5 Å². The first-order chi connectivity index (χ1) is 12.8. The van der Waals surface area contributed by atoms with Gasteiger partial charge in [-0.05, 0) is 29.8 Å². The van der Waals surface area contributed by atoms with Gasteiger partial charge in [-0.15, -0.1) is 0 Å². The summed E-state index contributed by atoms with van der Waals surface area (Å²) >= 11 is 5.78. The average Bonchev–Trinajstić information content (AvgIpc) is 2.61. The Bertz CT molecular complexity index is 831. The Morgan fingerprint density at radius 3 is 2.26 bits per heavy atom. The fraction of sp³-hybridized carbons (Fsp3) is 0.222. The highest BCUT2D eigenvalue weighted by Gasteiger charge is 2.18. The number of hydrogen-bond acceptors (Lipinski definition) is 2. The zero-order chi connectivity index (χ0) is 20.0. The second-order valence-corrected chi connectivity index (χ2v) is 6.42. The van der Waals surface area contributed by atoms with Crippen LogP contribution in [0.4, 0.5) is 18.9 Å². The third-order valence-corrected chi connectivity index (χ3v) is 3.89. The Morgan fingerprint density at radius 2 is 1.59 bits per heavy atom. The molecule has 2 aromatic rings. The first kappa shape index (κ1) is 20.7. The molecule has 2 aromatic carbocycles. The van der Waals surface area contributed by atoms with Crippen molar-refractivity contribution < 1.29 is 27.7 Å². The lowest BCUT2D eigenvalue weighted by Gasteiger charge is -2.14. The maximum absolute atomic E-state index is 13.5. The van der Waals surface area contributed by atoms with Crippen molar-refractivity contribution in [1.29, 1.82) is 0 Å². The van der Waals surface area contributed by atoms with Crippen LogP contribution in [-0.2, 0) is 16.1 Å². The van der Waals surface area contributed by atoms with Crippen LogP contribution in [0.2, 0.25) is 5.02 Å². The Morgan fingerprint density at radius 1 is 0.963 bits per heavy atom. The number of carbonyl (C=O) groups excluding carboxylic acids is 2. The van der Waals surface area contributed by atoms with Gasteiger partial charge in [0.2, 0.25) is 0 Å². The van der Waals surface area contributed by atoms with Crippen LogP contribution in [0.5, 0.6) is 0 Å². The molecule has 0 aliphatic rings. The highest BCUT2D eigenvalue weighted by atomic mass is 35.5. The summed E-state index contributed by atoms with van der Waals surface area (Å²) in [5.74, 6) is -5.39. The molecule has 0 aliphatic heterocycles. The lowest BCUT2D eigenvalue weighted by atomic mass is 10.2. The fourth-order valence-electron chi connectivity index (χ4n) is 2.29. The van der Waals surface area contributed by atoms with E-state index in [1.165, 1.54) is 0 Å². The number of rotatable bonds is 7. The summed E-state index contributed by atoms with van der Waals surface area (Å²) in [5, 5.41) is 5.46. The van der Waals surface area contributed by atoms with E-state index in [4.69, 9.17) is 11.6 Å². The minimum absolute atomic E-state index is 0.00126. The van der Waals surface area contributed by atoms with Gasteiger partial charge in [0.05, 0.1) is 12.7 Å². The van der Waals surface area contributed by atoms with Crippen molar-refractivity contribution >= 4 is 29.1 Å². The topological polar surface area (TPSA) is 62.6 Å². The molecule has 0 heterocycles. The van der Waals surface area contributed by atoms with Crippen molar-refractivity contribution in [2.75, 3.05) is 25.5 Å². The van der Waals surface area contributed by atoms with Gasteiger partial charge in [0.25, 0.3) is 11.8 Å². The zero-order valence-corrected chi connectivity index (χ0v) is 15.2. The van der Waals surface area contributed by atoms with Crippen LogP contribution in [0.25, 0.3) is 0 Å². The summed E-state index contributed by atoms with van der Waals surface area (Å²) in [6.45, 7) is 0.156. The number of amides is 2. The largest absolute Gasteiger partial charge is 0.347 e. The average molecular weight is 401 g/mol. The molecule has 1 unspecified atom stereocenters. The van der Waals surface area contributed by atoms with E-state index in [1.807, 2.05) is 0 Å². The van der Waals surface area contributed by atoms with Gasteiger partial charge < -0.3 is 15.5 Å². The van der Waals surface area contributed by atoms with E-state index in [0.29, 0.717) is 16.5 Å². The minimum Gasteiger partial charge on any atom is -0.347 e. The van der Waals surface area contributed by atoms with E-state index < -0.39 is 29.0 Å². The second kappa shape index (κ2) is 9.38. The molecule has 9 heteroatoms. The third kappa shape index (κ3) is 6.26. The Balaban J connectivity index is 1.79. The van der Waals surface area contributed by atoms with Gasteiger partial charge in [-0.1, -0.05) is 23.7 Å². The van der Waals surface area contributed by atoms with Crippen LogP contribution in [0, 0.1) is 17.5 Å². The quantitative estimate of drug-likeness (QED) is 0.617. The summed E-state index contributed by atoms with van der Waals surface area (Å²) in [6, 6.07) is 8.63. The number of likely N-dealkylation sites (N-methyl/N-ethyl adjacent to an activating group) is 1. The number of nitrogens with one attached hydrogen (secondary N) is 3. The zero-order valence-electron chi connectivity index (χ0n) is 14.4. The summed E-state index contributed by atoms with van der Waals surface area (Å²) in [4.78, 5) is 24.4. The maximum atomic E-state index is 13.5. The van der Waals surface area contributed by atoms with Crippen molar-refractivity contribution in [3.05, 3.63) is 64.4 Å². The van der Waals surface area contributed by atoms with Crippen molar-refractivity contribution in [3.8, 4) is 0 Å². The molecular formula is C18H18ClF3N3O2+. The highest BCUT2D eigenvalue weighted by molar-refractivity contribution is 6.30. The molecule has 5 nitrogen and oxygen atoms in total. The first-order valence-corrected chi connectivity index (χ1v) is 8.40. The molecule has 0 saturated carbocycles. The van der Waals surface area contributed by atoms with Gasteiger partial charge in [-0.25, -0.2) is 13.2 Å². The van der Waals surface area contributed by atoms with Gasteiger partial charge in [-0.3, -0.25) is 9.59 Å². The lowest BCUT2D eigenvalue weighted by molar-refractivity contribution is -0.862. The summed E-state index contributed by atoms with van der Waals surface area (Å²) in [6.07, 6.45) is 0. The van der Waals surface area contributed by atoms with Crippen molar-refractivity contribution in [2.24, 2.45) is 0 Å². The molecule has 1 atom stereocenters. The number of benzene rings is 2. The molecule has 0 aromatic heterocycles. The molecule has 2 rings (SSSR count). The molecule has 144 valence electrons. The second-order valence-electron chi connectivity index (χ2n) is 5.98. The summed E-state index contributed by atoms with van der Waals surface area (Å²) in [5.41, 5.74) is 0.413. The van der Waals surface area contributed by atoms with E-state index in [-0.39, 0.29) is 19.0 Å². The van der Waals surface area contributed by atoms with E-state index >= 15 is 0 Å². The van der Waals surface area contributed by atoms with Gasteiger partial charge in [0.1, 0.15) is 0 Å². The molecule has 27 heavy (non-hydrogen) atoms. The van der Waals surface area contributed by atoms with E-state index in [2.05, 4.69) is 10.6 Å². The summed E-state index contributed by atoms with van der Waals surface area (Å²) < 4.78 is 39.6. The highest BCUT2D eigenvalue weighted by Crippen LogP contribution is 2.19. The molecule has 0 saturated heterocycles. The predicted molar refractivity (Wildman–Crippen MR) is 94.9 cm³/mol. The van der Waals surface area contributed by atoms with E-state index in [9.17, 15) is 22.8 Å². The molecule has 2 amide bonds. The van der Waals surface area contributed by atoms with Gasteiger partial charge >= 0.3 is 0 Å². The molecule has 0 aliphatic carbocycles. The first-order valence-electron chi connectivity index (χ1n) is 8.02. The number of carbonyl (C=O) groups is 2. The number of halogens is 4. The monoisotopic (exact) mass is 400 g/mol. The van der Waals surface area contributed by atoms with Crippen LogP contribution >= 0.6 is 11.6 Å². The van der Waals surface area contributed by atoms with Crippen LogP contribution in [0.3, 0.4) is 0 Å². The van der Waals surface area contributed by atoms with Crippen LogP contribution in [-0.4, -0.2) is 32.0 Å². The van der Waals surface area contributed by atoms with Gasteiger partial charge in [0, 0.05) is 11.6 Å². The minimum atomic E-state index is -1.66. The third-order valence-electron chi connectivity index (χ3n) is 3.64. The van der Waals surface area contributed by atoms with Gasteiger partial charge in [0.15, 0.2) is 30.5 Å². The SMILES string of the molecule is C[NH+](CC(=O)NCc1ccc(Cl)cc1)CC(=O)Nc1ccc(F)c(F)c1F. The lowest BCUT2D eigenvalue weighted by Crippen LogP contribution is -3.11. The Labute approximate surface area is 159 Å². The molecule has 0 radical (unpaired) electrons. The molecular weight excluding hydrogens is 383 g/mol. The van der Waals surface area contributed by atoms with Crippen LogP contribution in [0.15, 0.2) is 36.4 Å². The Kier molecular flexibility index (Phi) is 7.20. The smallest absolute Gasteiger partial charge is 0.279 e. The van der Waals surface area contributed by atoms with E-state index in [0.717, 1.165) is 17.7 Å². The molecule has 3 N–H and O–H groups in total.